The molecule has 10 nitrogen and oxygen atoms in total. The first kappa shape index (κ1) is 15.8. The van der Waals surface area contributed by atoms with Crippen LogP contribution >= 0.6 is 0 Å². The molecule has 0 saturated carbocycles. The smallest absolute Gasteiger partial charge is 0.280 e. The van der Waals surface area contributed by atoms with Crippen LogP contribution in [-0.2, 0) is 14.1 Å². The second kappa shape index (κ2) is 5.99. The third-order valence-corrected chi connectivity index (χ3v) is 3.91. The molecule has 0 bridgehead atoms. The van der Waals surface area contributed by atoms with Crippen molar-refractivity contribution in [2.75, 3.05) is 12.4 Å². The van der Waals surface area contributed by atoms with Crippen molar-refractivity contribution in [3.63, 3.8) is 0 Å². The average Bonchev–Trinajstić information content (AvgIpc) is 3.33. The Kier molecular flexibility index (Phi) is 3.64. The van der Waals surface area contributed by atoms with Gasteiger partial charge >= 0.3 is 0 Å². The Morgan fingerprint density at radius 1 is 1.23 bits per heavy atom. The van der Waals surface area contributed by atoms with E-state index >= 15 is 0 Å². The SMILES string of the molecule is COc1ccc(-c2cnn(C)c2)c2nc(NC(=O)c3cn(C)nn3)[nH]c12. The van der Waals surface area contributed by atoms with E-state index in [9.17, 15) is 4.79 Å². The summed E-state index contributed by atoms with van der Waals surface area (Å²) in [7, 11) is 5.12. The molecule has 4 aromatic rings. The number of imidazole rings is 1. The van der Waals surface area contributed by atoms with E-state index in [-0.39, 0.29) is 5.69 Å². The van der Waals surface area contributed by atoms with Gasteiger partial charge in [-0.3, -0.25) is 19.5 Å². The molecule has 3 heterocycles. The van der Waals surface area contributed by atoms with Crippen LogP contribution in [0.2, 0.25) is 0 Å². The van der Waals surface area contributed by atoms with Crippen LogP contribution in [0.5, 0.6) is 5.75 Å². The molecule has 132 valence electrons. The molecule has 4 rings (SSSR count). The number of hydrogen-bond acceptors (Lipinski definition) is 6. The van der Waals surface area contributed by atoms with Gasteiger partial charge in [-0.05, 0) is 12.1 Å². The van der Waals surface area contributed by atoms with Crippen LogP contribution in [-0.4, -0.2) is 47.8 Å². The molecule has 0 saturated heterocycles. The normalized spacial score (nSPS) is 11.0. The van der Waals surface area contributed by atoms with Gasteiger partial charge in [0.05, 0.1) is 19.5 Å². The quantitative estimate of drug-likeness (QED) is 0.573. The second-order valence-corrected chi connectivity index (χ2v) is 5.76. The zero-order valence-corrected chi connectivity index (χ0v) is 14.4. The van der Waals surface area contributed by atoms with Crippen molar-refractivity contribution < 1.29 is 9.53 Å². The molecular formula is C16H16N8O2. The lowest BCUT2D eigenvalue weighted by molar-refractivity contribution is 0.102. The maximum atomic E-state index is 12.3. The molecule has 0 spiro atoms. The molecule has 0 aliphatic rings. The number of rotatable bonds is 4. The van der Waals surface area contributed by atoms with Gasteiger partial charge in [-0.25, -0.2) is 4.98 Å². The highest BCUT2D eigenvalue weighted by Crippen LogP contribution is 2.33. The Balaban J connectivity index is 1.76. The molecule has 1 aromatic carbocycles. The molecule has 1 amide bonds. The number of nitrogens with one attached hydrogen (secondary N) is 2. The largest absolute Gasteiger partial charge is 0.494 e. The number of ether oxygens (including phenoxy) is 1. The van der Waals surface area contributed by atoms with Crippen molar-refractivity contribution in [1.82, 2.24) is 34.7 Å². The van der Waals surface area contributed by atoms with Gasteiger partial charge in [0.2, 0.25) is 5.95 Å². The summed E-state index contributed by atoms with van der Waals surface area (Å²) in [5.41, 5.74) is 3.35. The van der Waals surface area contributed by atoms with Crippen molar-refractivity contribution in [3.05, 3.63) is 36.4 Å². The predicted octanol–water partition coefficient (Wildman–Crippen LogP) is 1.35. The molecule has 0 aliphatic carbocycles. The van der Waals surface area contributed by atoms with Crippen LogP contribution in [0.3, 0.4) is 0 Å². The third kappa shape index (κ3) is 2.66. The van der Waals surface area contributed by atoms with E-state index in [1.165, 1.54) is 10.9 Å². The third-order valence-electron chi connectivity index (χ3n) is 3.91. The van der Waals surface area contributed by atoms with Crippen LogP contribution in [0.1, 0.15) is 10.5 Å². The average molecular weight is 352 g/mol. The van der Waals surface area contributed by atoms with Gasteiger partial charge in [-0.1, -0.05) is 5.21 Å². The van der Waals surface area contributed by atoms with E-state index in [0.717, 1.165) is 11.1 Å². The summed E-state index contributed by atoms with van der Waals surface area (Å²) in [5, 5.41) is 14.4. The lowest BCUT2D eigenvalue weighted by Gasteiger charge is -2.04. The standard InChI is InChI=1S/C16H16N8O2/c1-23-7-9(6-17-23)10-4-5-12(26-3)14-13(10)18-16(19-14)20-15(25)11-8-24(2)22-21-11/h4-8H,1-3H3,(H2,18,19,20,25). The molecule has 10 heteroatoms. The lowest BCUT2D eigenvalue weighted by Crippen LogP contribution is -2.13. The summed E-state index contributed by atoms with van der Waals surface area (Å²) in [6.45, 7) is 0. The zero-order chi connectivity index (χ0) is 18.3. The zero-order valence-electron chi connectivity index (χ0n) is 14.4. The van der Waals surface area contributed by atoms with Crippen LogP contribution in [0, 0.1) is 0 Å². The molecule has 0 fully saturated rings. The lowest BCUT2D eigenvalue weighted by atomic mass is 10.1. The fraction of sp³-hybridized carbons (Fsp3) is 0.188. The number of benzene rings is 1. The predicted molar refractivity (Wildman–Crippen MR) is 93.8 cm³/mol. The van der Waals surface area contributed by atoms with E-state index in [4.69, 9.17) is 4.74 Å². The maximum Gasteiger partial charge on any atom is 0.280 e. The highest BCUT2D eigenvalue weighted by atomic mass is 16.5. The first-order valence-electron chi connectivity index (χ1n) is 7.78. The van der Waals surface area contributed by atoms with Crippen LogP contribution in [0.4, 0.5) is 5.95 Å². The van der Waals surface area contributed by atoms with Crippen LogP contribution < -0.4 is 10.1 Å². The molecular weight excluding hydrogens is 336 g/mol. The topological polar surface area (TPSA) is 116 Å². The molecule has 0 unspecified atom stereocenters. The van der Waals surface area contributed by atoms with Gasteiger partial charge in [0.25, 0.3) is 5.91 Å². The summed E-state index contributed by atoms with van der Waals surface area (Å²) in [6, 6.07) is 3.75. The molecule has 26 heavy (non-hydrogen) atoms. The number of aryl methyl sites for hydroxylation is 2. The Bertz CT molecular complexity index is 1110. The van der Waals surface area contributed by atoms with Crippen LogP contribution in [0.25, 0.3) is 22.2 Å². The van der Waals surface area contributed by atoms with E-state index in [0.29, 0.717) is 22.7 Å². The molecule has 3 aromatic heterocycles. The highest BCUT2D eigenvalue weighted by Gasteiger charge is 2.17. The Morgan fingerprint density at radius 2 is 2.08 bits per heavy atom. The van der Waals surface area contributed by atoms with Gasteiger partial charge in [-0.15, -0.1) is 5.10 Å². The number of carbonyl (C=O) groups excluding carboxylic acids is 1. The first-order chi connectivity index (χ1) is 12.5. The maximum absolute atomic E-state index is 12.3. The number of carbonyl (C=O) groups is 1. The number of nitrogens with zero attached hydrogens (tertiary/aromatic N) is 6. The summed E-state index contributed by atoms with van der Waals surface area (Å²) in [5.74, 6) is 0.518. The number of hydrogen-bond donors (Lipinski definition) is 2. The van der Waals surface area contributed by atoms with E-state index in [1.54, 1.807) is 25.0 Å². The summed E-state index contributed by atoms with van der Waals surface area (Å²) < 4.78 is 8.57. The van der Waals surface area contributed by atoms with E-state index in [2.05, 4.69) is 30.7 Å². The molecule has 0 aliphatic heterocycles. The monoisotopic (exact) mass is 352 g/mol. The van der Waals surface area contributed by atoms with Gasteiger partial charge in [0, 0.05) is 31.4 Å². The minimum Gasteiger partial charge on any atom is -0.494 e. The van der Waals surface area contributed by atoms with Gasteiger partial charge in [-0.2, -0.15) is 5.10 Å². The molecule has 2 N–H and O–H groups in total. The first-order valence-corrected chi connectivity index (χ1v) is 7.78. The second-order valence-electron chi connectivity index (χ2n) is 5.76. The summed E-state index contributed by atoms with van der Waals surface area (Å²) in [6.07, 6.45) is 5.18. The van der Waals surface area contributed by atoms with Gasteiger partial charge < -0.3 is 9.72 Å². The van der Waals surface area contributed by atoms with E-state index in [1.807, 2.05) is 25.4 Å². The fourth-order valence-corrected chi connectivity index (χ4v) is 2.71. The number of anilines is 1. The van der Waals surface area contributed by atoms with Crippen LogP contribution in [0.15, 0.2) is 30.7 Å². The Morgan fingerprint density at radius 3 is 2.73 bits per heavy atom. The van der Waals surface area contributed by atoms with Crippen molar-refractivity contribution >= 4 is 22.9 Å². The Labute approximate surface area is 147 Å². The molecule has 0 radical (unpaired) electrons. The summed E-state index contributed by atoms with van der Waals surface area (Å²) >= 11 is 0. The number of H-pyrrole nitrogens is 1. The van der Waals surface area contributed by atoms with Gasteiger partial charge in [0.15, 0.2) is 5.69 Å². The van der Waals surface area contributed by atoms with Crippen molar-refractivity contribution in [3.8, 4) is 16.9 Å². The minimum atomic E-state index is -0.404. The van der Waals surface area contributed by atoms with Crippen molar-refractivity contribution in [2.24, 2.45) is 14.1 Å². The van der Waals surface area contributed by atoms with Gasteiger partial charge in [0.1, 0.15) is 16.8 Å². The van der Waals surface area contributed by atoms with Crippen molar-refractivity contribution in [2.45, 2.75) is 0 Å². The molecule has 0 atom stereocenters. The Hall–Kier alpha value is -3.69. The number of fused-ring (bicyclic) bond motifs is 1. The highest BCUT2D eigenvalue weighted by molar-refractivity contribution is 6.03. The number of methoxy groups -OCH3 is 1. The van der Waals surface area contributed by atoms with E-state index < -0.39 is 5.91 Å². The summed E-state index contributed by atoms with van der Waals surface area (Å²) in [4.78, 5) is 19.9. The van der Waals surface area contributed by atoms with Crippen molar-refractivity contribution in [1.29, 1.82) is 0 Å². The number of amides is 1. The number of aromatic amines is 1. The number of aromatic nitrogens is 7. The fourth-order valence-electron chi connectivity index (χ4n) is 2.71. The minimum absolute atomic E-state index is 0.201.